The number of amides is 1. The lowest BCUT2D eigenvalue weighted by atomic mass is 10.0. The lowest BCUT2D eigenvalue weighted by Crippen LogP contribution is -2.44. The maximum atomic E-state index is 12.7. The van der Waals surface area contributed by atoms with Gasteiger partial charge in [0.05, 0.1) is 23.3 Å². The maximum Gasteiger partial charge on any atom is 0.340 e. The molecule has 1 amide bonds. The summed E-state index contributed by atoms with van der Waals surface area (Å²) in [4.78, 5) is 24.5. The zero-order valence-corrected chi connectivity index (χ0v) is 18.2. The van der Waals surface area contributed by atoms with Crippen molar-refractivity contribution in [3.8, 4) is 5.75 Å². The van der Waals surface area contributed by atoms with Crippen molar-refractivity contribution in [2.45, 2.75) is 37.6 Å². The summed E-state index contributed by atoms with van der Waals surface area (Å²) in [6.07, 6.45) is 0.711. The Labute approximate surface area is 176 Å². The molecule has 8 nitrogen and oxygen atoms in total. The van der Waals surface area contributed by atoms with Gasteiger partial charge in [-0.3, -0.25) is 9.52 Å². The fourth-order valence-corrected chi connectivity index (χ4v) is 3.50. The molecule has 0 aliphatic heterocycles. The molecule has 0 saturated carbocycles. The molecule has 2 aromatic carbocycles. The van der Waals surface area contributed by atoms with Crippen LogP contribution < -0.4 is 14.8 Å². The number of esters is 1. The van der Waals surface area contributed by atoms with Crippen LogP contribution in [0.25, 0.3) is 0 Å². The van der Waals surface area contributed by atoms with Crippen molar-refractivity contribution in [1.29, 1.82) is 0 Å². The Balaban J connectivity index is 2.13. The first-order chi connectivity index (χ1) is 14.1. The van der Waals surface area contributed by atoms with Crippen LogP contribution in [-0.4, -0.2) is 39.5 Å². The van der Waals surface area contributed by atoms with Gasteiger partial charge in [-0.1, -0.05) is 19.1 Å². The summed E-state index contributed by atoms with van der Waals surface area (Å²) < 4.78 is 37.8. The van der Waals surface area contributed by atoms with Gasteiger partial charge in [0.25, 0.3) is 15.9 Å². The third kappa shape index (κ3) is 6.21. The summed E-state index contributed by atoms with van der Waals surface area (Å²) in [6, 6.07) is 11.8. The van der Waals surface area contributed by atoms with Crippen molar-refractivity contribution in [2.24, 2.45) is 0 Å². The lowest BCUT2D eigenvalue weighted by molar-refractivity contribution is -0.125. The molecule has 0 atom stereocenters. The minimum atomic E-state index is -3.95. The van der Waals surface area contributed by atoms with Gasteiger partial charge in [-0.25, -0.2) is 13.2 Å². The molecule has 0 radical (unpaired) electrons. The summed E-state index contributed by atoms with van der Waals surface area (Å²) in [5, 5.41) is 2.76. The summed E-state index contributed by atoms with van der Waals surface area (Å²) in [6.45, 7) is 5.17. The van der Waals surface area contributed by atoms with Gasteiger partial charge in [0.1, 0.15) is 5.75 Å². The highest BCUT2D eigenvalue weighted by Gasteiger charge is 2.22. The smallest absolute Gasteiger partial charge is 0.340 e. The molecule has 0 unspecified atom stereocenters. The van der Waals surface area contributed by atoms with Gasteiger partial charge in [-0.05, 0) is 56.7 Å². The first kappa shape index (κ1) is 23.2. The zero-order chi connectivity index (χ0) is 22.4. The average Bonchev–Trinajstić information content (AvgIpc) is 2.72. The molecule has 0 fully saturated rings. The number of rotatable bonds is 9. The predicted molar refractivity (Wildman–Crippen MR) is 113 cm³/mol. The van der Waals surface area contributed by atoms with Gasteiger partial charge in [-0.15, -0.1) is 0 Å². The molecule has 0 aliphatic carbocycles. The first-order valence-corrected chi connectivity index (χ1v) is 10.8. The Hall–Kier alpha value is -3.07. The molecular formula is C21H26N2O6S. The van der Waals surface area contributed by atoms with Crippen LogP contribution in [0, 0.1) is 0 Å². The summed E-state index contributed by atoms with van der Waals surface area (Å²) in [5.41, 5.74) is -0.375. The summed E-state index contributed by atoms with van der Waals surface area (Å²) >= 11 is 0. The molecule has 30 heavy (non-hydrogen) atoms. The molecule has 9 heteroatoms. The van der Waals surface area contributed by atoms with Crippen LogP contribution in [0.1, 0.15) is 37.6 Å². The fourth-order valence-electron chi connectivity index (χ4n) is 2.42. The van der Waals surface area contributed by atoms with E-state index in [1.807, 2.05) is 20.8 Å². The SMILES string of the molecule is CCC(C)(C)NC(=O)COC(=O)c1ccccc1NS(=O)(=O)c1ccc(OC)cc1. The van der Waals surface area contributed by atoms with Crippen molar-refractivity contribution in [3.63, 3.8) is 0 Å². The van der Waals surface area contributed by atoms with E-state index < -0.39 is 34.0 Å². The quantitative estimate of drug-likeness (QED) is 0.587. The van der Waals surface area contributed by atoms with Crippen molar-refractivity contribution in [1.82, 2.24) is 5.32 Å². The molecule has 2 aromatic rings. The third-order valence-electron chi connectivity index (χ3n) is 4.46. The van der Waals surface area contributed by atoms with Gasteiger partial charge in [0.2, 0.25) is 0 Å². The first-order valence-electron chi connectivity index (χ1n) is 9.32. The van der Waals surface area contributed by atoms with Crippen LogP contribution in [0.2, 0.25) is 0 Å². The molecule has 0 aromatic heterocycles. The van der Waals surface area contributed by atoms with Gasteiger partial charge >= 0.3 is 5.97 Å². The van der Waals surface area contributed by atoms with E-state index in [1.165, 1.54) is 43.5 Å². The molecular weight excluding hydrogens is 408 g/mol. The number of hydrogen-bond acceptors (Lipinski definition) is 6. The van der Waals surface area contributed by atoms with Gasteiger partial charge in [-0.2, -0.15) is 0 Å². The van der Waals surface area contributed by atoms with E-state index >= 15 is 0 Å². The molecule has 0 saturated heterocycles. The van der Waals surface area contributed by atoms with Gasteiger partial charge < -0.3 is 14.8 Å². The number of carbonyl (C=O) groups is 2. The van der Waals surface area contributed by atoms with Crippen LogP contribution in [0.3, 0.4) is 0 Å². The molecule has 2 N–H and O–H groups in total. The Morgan fingerprint density at radius 3 is 2.27 bits per heavy atom. The fraction of sp³-hybridized carbons (Fsp3) is 0.333. The Morgan fingerprint density at radius 2 is 1.67 bits per heavy atom. The highest BCUT2D eigenvalue weighted by Crippen LogP contribution is 2.22. The number of methoxy groups -OCH3 is 1. The number of anilines is 1. The van der Waals surface area contributed by atoms with E-state index in [1.54, 1.807) is 12.1 Å². The van der Waals surface area contributed by atoms with Crippen LogP contribution in [0.5, 0.6) is 5.75 Å². The second-order valence-corrected chi connectivity index (χ2v) is 8.87. The minimum Gasteiger partial charge on any atom is -0.497 e. The van der Waals surface area contributed by atoms with Gasteiger partial charge in [0, 0.05) is 5.54 Å². The molecule has 0 heterocycles. The second kappa shape index (κ2) is 9.62. The molecule has 0 aliphatic rings. The van der Waals surface area contributed by atoms with Crippen molar-refractivity contribution in [2.75, 3.05) is 18.4 Å². The van der Waals surface area contributed by atoms with Crippen LogP contribution in [-0.2, 0) is 19.6 Å². The number of nitrogens with one attached hydrogen (secondary N) is 2. The summed E-state index contributed by atoms with van der Waals surface area (Å²) in [7, 11) is -2.47. The predicted octanol–water partition coefficient (Wildman–Crippen LogP) is 2.96. The number of carbonyl (C=O) groups excluding carboxylic acids is 2. The second-order valence-electron chi connectivity index (χ2n) is 7.19. The number of benzene rings is 2. The Morgan fingerprint density at radius 1 is 1.03 bits per heavy atom. The standard InChI is InChI=1S/C21H26N2O6S/c1-5-21(2,3)22-19(24)14-29-20(25)17-8-6-7-9-18(17)23-30(26,27)16-12-10-15(28-4)11-13-16/h6-13,23H,5,14H2,1-4H3,(H,22,24). The van der Waals surface area contributed by atoms with Crippen molar-refractivity contribution < 1.29 is 27.5 Å². The number of sulfonamides is 1. The van der Waals surface area contributed by atoms with E-state index in [4.69, 9.17) is 9.47 Å². The van der Waals surface area contributed by atoms with E-state index in [9.17, 15) is 18.0 Å². The normalized spacial score (nSPS) is 11.5. The van der Waals surface area contributed by atoms with E-state index in [0.29, 0.717) is 12.2 Å². The van der Waals surface area contributed by atoms with E-state index in [-0.39, 0.29) is 16.1 Å². The molecule has 0 spiro atoms. The zero-order valence-electron chi connectivity index (χ0n) is 17.4. The summed E-state index contributed by atoms with van der Waals surface area (Å²) in [5.74, 6) is -0.735. The Kier molecular flexibility index (Phi) is 7.44. The largest absolute Gasteiger partial charge is 0.497 e. The minimum absolute atomic E-state index is 0.00265. The lowest BCUT2D eigenvalue weighted by Gasteiger charge is -2.24. The maximum absolute atomic E-state index is 12.7. The highest BCUT2D eigenvalue weighted by atomic mass is 32.2. The van der Waals surface area contributed by atoms with Crippen LogP contribution >= 0.6 is 0 Å². The average molecular weight is 435 g/mol. The van der Waals surface area contributed by atoms with Crippen molar-refractivity contribution >= 4 is 27.6 Å². The monoisotopic (exact) mass is 434 g/mol. The Bertz CT molecular complexity index is 1000. The molecule has 2 rings (SSSR count). The van der Waals surface area contributed by atoms with Crippen LogP contribution in [0.15, 0.2) is 53.4 Å². The number of ether oxygens (including phenoxy) is 2. The third-order valence-corrected chi connectivity index (χ3v) is 5.84. The van der Waals surface area contributed by atoms with Gasteiger partial charge in [0.15, 0.2) is 6.61 Å². The van der Waals surface area contributed by atoms with E-state index in [2.05, 4.69) is 10.0 Å². The highest BCUT2D eigenvalue weighted by molar-refractivity contribution is 7.92. The van der Waals surface area contributed by atoms with E-state index in [0.717, 1.165) is 0 Å². The number of hydrogen-bond donors (Lipinski definition) is 2. The number of para-hydroxylation sites is 1. The topological polar surface area (TPSA) is 111 Å². The van der Waals surface area contributed by atoms with Crippen molar-refractivity contribution in [3.05, 3.63) is 54.1 Å². The molecule has 0 bridgehead atoms. The van der Waals surface area contributed by atoms with Crippen LogP contribution in [0.4, 0.5) is 5.69 Å². The molecule has 162 valence electrons.